The summed E-state index contributed by atoms with van der Waals surface area (Å²) in [5.74, 6) is -2.04. The van der Waals surface area contributed by atoms with E-state index in [0.29, 0.717) is 25.7 Å². The first-order valence-electron chi connectivity index (χ1n) is 6.17. The molecule has 118 valence electrons. The van der Waals surface area contributed by atoms with Crippen molar-refractivity contribution in [2.24, 2.45) is 5.92 Å². The van der Waals surface area contributed by atoms with Gasteiger partial charge in [-0.3, -0.25) is 0 Å². The van der Waals surface area contributed by atoms with E-state index in [-0.39, 0.29) is 6.10 Å². The number of ether oxygens (including phenoxy) is 3. The van der Waals surface area contributed by atoms with Crippen molar-refractivity contribution >= 4 is 5.97 Å². The third kappa shape index (κ3) is 7.04. The Bertz CT molecular complexity index is 290. The monoisotopic (exact) mass is 301 g/mol. The summed E-state index contributed by atoms with van der Waals surface area (Å²) in [4.78, 5) is 8.90. The lowest BCUT2D eigenvalue weighted by Crippen LogP contribution is -2.45. The molecular weight excluding hydrogens is 283 g/mol. The number of alkyl halides is 3. The molecule has 0 aromatic rings. The molecule has 2 rings (SSSR count). The summed E-state index contributed by atoms with van der Waals surface area (Å²) < 4.78 is 48.0. The lowest BCUT2D eigenvalue weighted by Gasteiger charge is -2.28. The maximum absolute atomic E-state index is 10.6. The highest BCUT2D eigenvalue weighted by Gasteiger charge is 2.38. The Morgan fingerprint density at radius 1 is 1.30 bits per heavy atom. The molecule has 2 fully saturated rings. The van der Waals surface area contributed by atoms with Crippen LogP contribution in [0.5, 0.6) is 0 Å². The van der Waals surface area contributed by atoms with Crippen LogP contribution < -0.4 is 5.32 Å². The van der Waals surface area contributed by atoms with Crippen LogP contribution in [0, 0.1) is 5.92 Å². The van der Waals surface area contributed by atoms with Crippen LogP contribution in [0.1, 0.15) is 0 Å². The molecule has 0 amide bonds. The summed E-state index contributed by atoms with van der Waals surface area (Å²) in [6, 6.07) is 0. The zero-order valence-electron chi connectivity index (χ0n) is 10.8. The maximum atomic E-state index is 10.6. The van der Waals surface area contributed by atoms with Crippen LogP contribution in [0.3, 0.4) is 0 Å². The van der Waals surface area contributed by atoms with Crippen LogP contribution >= 0.6 is 0 Å². The number of carboxylic acid groups (broad SMARTS) is 1. The van der Waals surface area contributed by atoms with Crippen LogP contribution in [0.4, 0.5) is 13.2 Å². The van der Waals surface area contributed by atoms with E-state index in [4.69, 9.17) is 24.1 Å². The zero-order valence-corrected chi connectivity index (χ0v) is 10.8. The van der Waals surface area contributed by atoms with Gasteiger partial charge < -0.3 is 24.6 Å². The molecule has 0 aromatic heterocycles. The van der Waals surface area contributed by atoms with Gasteiger partial charge in [-0.1, -0.05) is 0 Å². The van der Waals surface area contributed by atoms with Crippen LogP contribution in [0.25, 0.3) is 0 Å². The summed E-state index contributed by atoms with van der Waals surface area (Å²) in [7, 11) is 0. The lowest BCUT2D eigenvalue weighted by atomic mass is 10.1. The number of carboxylic acids is 1. The maximum Gasteiger partial charge on any atom is 0.490 e. The lowest BCUT2D eigenvalue weighted by molar-refractivity contribution is -0.192. The van der Waals surface area contributed by atoms with Gasteiger partial charge in [-0.05, 0) is 0 Å². The molecule has 2 heterocycles. The minimum atomic E-state index is -5.08. The molecule has 2 aliphatic rings. The largest absolute Gasteiger partial charge is 0.490 e. The van der Waals surface area contributed by atoms with Crippen LogP contribution in [-0.2, 0) is 19.0 Å². The van der Waals surface area contributed by atoms with E-state index in [2.05, 4.69) is 5.32 Å². The summed E-state index contributed by atoms with van der Waals surface area (Å²) in [5.41, 5.74) is 0. The molecule has 2 N–H and O–H groups in total. The van der Waals surface area contributed by atoms with E-state index in [1.165, 1.54) is 0 Å². The highest BCUT2D eigenvalue weighted by atomic mass is 19.4. The smallest absolute Gasteiger partial charge is 0.475 e. The Morgan fingerprint density at radius 3 is 2.35 bits per heavy atom. The van der Waals surface area contributed by atoms with Crippen molar-refractivity contribution in [2.75, 3.05) is 46.1 Å². The Morgan fingerprint density at radius 2 is 1.95 bits per heavy atom. The van der Waals surface area contributed by atoms with Crippen molar-refractivity contribution in [3.05, 3.63) is 0 Å². The Labute approximate surface area is 114 Å². The standard InChI is InChI=1S/C9H17NO3.C2HF3O2/c1-2-13-9(6-11-1)7-12-5-8-3-10-4-8;3-2(4,5)1(6)7/h8-10H,1-7H2;(H,6,7). The van der Waals surface area contributed by atoms with Crippen LogP contribution in [0.15, 0.2) is 0 Å². The van der Waals surface area contributed by atoms with Gasteiger partial charge in [0.25, 0.3) is 0 Å². The fourth-order valence-electron chi connectivity index (χ4n) is 1.47. The number of halogens is 3. The highest BCUT2D eigenvalue weighted by molar-refractivity contribution is 5.73. The Balaban J connectivity index is 0.000000246. The number of carbonyl (C=O) groups is 1. The van der Waals surface area contributed by atoms with Gasteiger partial charge in [0, 0.05) is 19.0 Å². The van der Waals surface area contributed by atoms with Crippen molar-refractivity contribution in [1.82, 2.24) is 5.32 Å². The van der Waals surface area contributed by atoms with Crippen LogP contribution in [-0.4, -0.2) is 69.5 Å². The molecule has 1 unspecified atom stereocenters. The first-order valence-corrected chi connectivity index (χ1v) is 6.17. The molecule has 1 atom stereocenters. The van der Waals surface area contributed by atoms with Crippen molar-refractivity contribution in [1.29, 1.82) is 0 Å². The van der Waals surface area contributed by atoms with Crippen molar-refractivity contribution in [2.45, 2.75) is 12.3 Å². The normalized spacial score (nSPS) is 23.4. The van der Waals surface area contributed by atoms with Gasteiger partial charge in [-0.15, -0.1) is 0 Å². The second kappa shape index (κ2) is 8.40. The molecule has 0 bridgehead atoms. The Hall–Kier alpha value is -0.900. The van der Waals surface area contributed by atoms with Gasteiger partial charge in [0.05, 0.1) is 33.0 Å². The predicted molar refractivity (Wildman–Crippen MR) is 61.4 cm³/mol. The first kappa shape index (κ1) is 17.2. The van der Waals surface area contributed by atoms with E-state index >= 15 is 0 Å². The topological polar surface area (TPSA) is 77.0 Å². The summed E-state index contributed by atoms with van der Waals surface area (Å²) in [5, 5.41) is 10.3. The van der Waals surface area contributed by atoms with Crippen LogP contribution in [0.2, 0.25) is 0 Å². The molecular formula is C11H18F3NO5. The fourth-order valence-corrected chi connectivity index (χ4v) is 1.47. The Kier molecular flexibility index (Phi) is 7.20. The molecule has 0 spiro atoms. The second-order valence-electron chi connectivity index (χ2n) is 4.43. The van der Waals surface area contributed by atoms with Crippen molar-refractivity contribution in [3.63, 3.8) is 0 Å². The summed E-state index contributed by atoms with van der Waals surface area (Å²) in [6.45, 7) is 5.85. The summed E-state index contributed by atoms with van der Waals surface area (Å²) in [6.07, 6.45) is -4.93. The first-order chi connectivity index (χ1) is 9.39. The zero-order chi connectivity index (χ0) is 15.0. The van der Waals surface area contributed by atoms with Crippen molar-refractivity contribution in [3.8, 4) is 0 Å². The molecule has 2 aliphatic heterocycles. The third-order valence-corrected chi connectivity index (χ3v) is 2.65. The van der Waals surface area contributed by atoms with Gasteiger partial charge in [0.2, 0.25) is 0 Å². The average molecular weight is 301 g/mol. The number of rotatable bonds is 4. The van der Waals surface area contributed by atoms with Gasteiger partial charge in [-0.2, -0.15) is 13.2 Å². The highest BCUT2D eigenvalue weighted by Crippen LogP contribution is 2.13. The minimum Gasteiger partial charge on any atom is -0.475 e. The predicted octanol–water partition coefficient (Wildman–Crippen LogP) is 0.271. The second-order valence-corrected chi connectivity index (χ2v) is 4.43. The van der Waals surface area contributed by atoms with Gasteiger partial charge in [0.1, 0.15) is 6.10 Å². The summed E-state index contributed by atoms with van der Waals surface area (Å²) >= 11 is 0. The molecule has 0 radical (unpaired) electrons. The number of hydrogen-bond donors (Lipinski definition) is 2. The SMILES string of the molecule is C1COC(COCC2CNC2)CO1.O=C(O)C(F)(F)F. The fraction of sp³-hybridized carbons (Fsp3) is 0.909. The van der Waals surface area contributed by atoms with E-state index < -0.39 is 12.1 Å². The van der Waals surface area contributed by atoms with Gasteiger partial charge >= 0.3 is 12.1 Å². The molecule has 6 nitrogen and oxygen atoms in total. The quantitative estimate of drug-likeness (QED) is 0.776. The average Bonchev–Trinajstić information content (AvgIpc) is 2.33. The molecule has 0 aliphatic carbocycles. The van der Waals surface area contributed by atoms with Crippen molar-refractivity contribution < 1.29 is 37.3 Å². The van der Waals surface area contributed by atoms with E-state index in [0.717, 1.165) is 26.3 Å². The number of aliphatic carboxylic acids is 1. The van der Waals surface area contributed by atoms with E-state index in [1.54, 1.807) is 0 Å². The molecule has 0 saturated carbocycles. The minimum absolute atomic E-state index is 0.154. The molecule has 20 heavy (non-hydrogen) atoms. The third-order valence-electron chi connectivity index (χ3n) is 2.65. The van der Waals surface area contributed by atoms with E-state index in [9.17, 15) is 13.2 Å². The van der Waals surface area contributed by atoms with Gasteiger partial charge in [0.15, 0.2) is 0 Å². The molecule has 2 saturated heterocycles. The molecule has 0 aromatic carbocycles. The van der Waals surface area contributed by atoms with E-state index in [1.807, 2.05) is 0 Å². The molecule has 9 heteroatoms. The number of nitrogens with one attached hydrogen (secondary N) is 1. The number of hydrogen-bond acceptors (Lipinski definition) is 5. The van der Waals surface area contributed by atoms with Gasteiger partial charge in [-0.25, -0.2) is 4.79 Å².